The van der Waals surface area contributed by atoms with Gasteiger partial charge in [-0.2, -0.15) is 0 Å². The van der Waals surface area contributed by atoms with Crippen LogP contribution in [0, 0.1) is 5.92 Å². The maximum atomic E-state index is 3.53. The predicted molar refractivity (Wildman–Crippen MR) is 73.3 cm³/mol. The molecule has 2 fully saturated rings. The SMILES string of the molecule is c1csc(CN(CC2CCCNC2)C2CC2)c1. The quantitative estimate of drug-likeness (QED) is 0.864. The monoisotopic (exact) mass is 250 g/mol. The van der Waals surface area contributed by atoms with Crippen molar-refractivity contribution >= 4 is 11.3 Å². The highest BCUT2D eigenvalue weighted by atomic mass is 32.1. The molecule has 1 saturated heterocycles. The number of thiophene rings is 1. The van der Waals surface area contributed by atoms with E-state index < -0.39 is 0 Å². The van der Waals surface area contributed by atoms with Crippen molar-refractivity contribution in [2.24, 2.45) is 5.92 Å². The zero-order chi connectivity index (χ0) is 11.5. The van der Waals surface area contributed by atoms with E-state index in [4.69, 9.17) is 0 Å². The molecule has 0 spiro atoms. The molecule has 0 aromatic carbocycles. The number of nitrogens with zero attached hydrogens (tertiary/aromatic N) is 1. The van der Waals surface area contributed by atoms with Gasteiger partial charge in [0.25, 0.3) is 0 Å². The highest BCUT2D eigenvalue weighted by Crippen LogP contribution is 2.30. The van der Waals surface area contributed by atoms with Gasteiger partial charge in [0.15, 0.2) is 0 Å². The van der Waals surface area contributed by atoms with Gasteiger partial charge in [0.05, 0.1) is 0 Å². The minimum atomic E-state index is 0.879. The smallest absolute Gasteiger partial charge is 0.0330 e. The third-order valence-electron chi connectivity index (χ3n) is 3.89. The molecule has 1 N–H and O–H groups in total. The fraction of sp³-hybridized carbons (Fsp3) is 0.714. The van der Waals surface area contributed by atoms with Gasteiger partial charge >= 0.3 is 0 Å². The number of hydrogen-bond donors (Lipinski definition) is 1. The highest BCUT2D eigenvalue weighted by molar-refractivity contribution is 7.09. The van der Waals surface area contributed by atoms with E-state index in [0.29, 0.717) is 0 Å². The highest BCUT2D eigenvalue weighted by Gasteiger charge is 2.30. The van der Waals surface area contributed by atoms with Crippen molar-refractivity contribution in [1.29, 1.82) is 0 Å². The summed E-state index contributed by atoms with van der Waals surface area (Å²) in [6.45, 7) is 4.94. The van der Waals surface area contributed by atoms with Gasteiger partial charge in [-0.3, -0.25) is 4.90 Å². The number of piperidine rings is 1. The summed E-state index contributed by atoms with van der Waals surface area (Å²) in [5.41, 5.74) is 0. The summed E-state index contributed by atoms with van der Waals surface area (Å²) in [5.74, 6) is 0.879. The van der Waals surface area contributed by atoms with Gasteiger partial charge in [-0.15, -0.1) is 11.3 Å². The van der Waals surface area contributed by atoms with Crippen LogP contribution in [0.4, 0.5) is 0 Å². The second-order valence-electron chi connectivity index (χ2n) is 5.45. The van der Waals surface area contributed by atoms with Crippen LogP contribution in [0.15, 0.2) is 17.5 Å². The molecule has 1 saturated carbocycles. The molecule has 1 aromatic rings. The Morgan fingerprint density at radius 2 is 2.29 bits per heavy atom. The minimum absolute atomic E-state index is 0.879. The van der Waals surface area contributed by atoms with E-state index in [2.05, 4.69) is 27.7 Å². The van der Waals surface area contributed by atoms with Gasteiger partial charge in [0, 0.05) is 24.0 Å². The Bertz CT molecular complexity index is 326. The van der Waals surface area contributed by atoms with Crippen LogP contribution >= 0.6 is 11.3 Å². The maximum absolute atomic E-state index is 3.53. The standard InChI is InChI=1S/C14H22N2S/c1-3-12(9-15-7-1)10-16(13-5-6-13)11-14-4-2-8-17-14/h2,4,8,12-13,15H,1,3,5-7,9-11H2. The van der Waals surface area contributed by atoms with Crippen LogP contribution in [0.1, 0.15) is 30.6 Å². The second kappa shape index (κ2) is 5.51. The molecule has 2 nitrogen and oxygen atoms in total. The van der Waals surface area contributed by atoms with Gasteiger partial charge in [-0.1, -0.05) is 6.07 Å². The number of nitrogens with one attached hydrogen (secondary N) is 1. The summed E-state index contributed by atoms with van der Waals surface area (Å²) in [4.78, 5) is 4.25. The van der Waals surface area contributed by atoms with Crippen LogP contribution < -0.4 is 5.32 Å². The average Bonchev–Trinajstić information content (AvgIpc) is 3.09. The van der Waals surface area contributed by atoms with E-state index in [1.54, 1.807) is 0 Å². The molecule has 1 aliphatic heterocycles. The first-order chi connectivity index (χ1) is 8.42. The molecule has 0 amide bonds. The molecule has 3 heteroatoms. The zero-order valence-electron chi connectivity index (χ0n) is 10.4. The first-order valence-electron chi connectivity index (χ1n) is 6.89. The van der Waals surface area contributed by atoms with Crippen LogP contribution in [0.3, 0.4) is 0 Å². The lowest BCUT2D eigenvalue weighted by molar-refractivity contribution is 0.194. The van der Waals surface area contributed by atoms with E-state index >= 15 is 0 Å². The Morgan fingerprint density at radius 1 is 1.35 bits per heavy atom. The topological polar surface area (TPSA) is 15.3 Å². The van der Waals surface area contributed by atoms with E-state index in [9.17, 15) is 0 Å². The number of rotatable bonds is 5. The first kappa shape index (κ1) is 11.7. The van der Waals surface area contributed by atoms with Gasteiger partial charge in [-0.05, 0) is 56.1 Å². The van der Waals surface area contributed by atoms with Crippen LogP contribution in [0.25, 0.3) is 0 Å². The van der Waals surface area contributed by atoms with Gasteiger partial charge in [0.1, 0.15) is 0 Å². The molecule has 2 heterocycles. The summed E-state index contributed by atoms with van der Waals surface area (Å²) >= 11 is 1.90. The zero-order valence-corrected chi connectivity index (χ0v) is 11.2. The molecule has 0 bridgehead atoms. The van der Waals surface area contributed by atoms with Crippen LogP contribution in [0.5, 0.6) is 0 Å². The third-order valence-corrected chi connectivity index (χ3v) is 4.76. The lowest BCUT2D eigenvalue weighted by Gasteiger charge is -2.30. The van der Waals surface area contributed by atoms with E-state index in [1.807, 2.05) is 11.3 Å². The van der Waals surface area contributed by atoms with Gasteiger partial charge in [0.2, 0.25) is 0 Å². The molecular formula is C14H22N2S. The van der Waals surface area contributed by atoms with Crippen molar-refractivity contribution in [3.8, 4) is 0 Å². The minimum Gasteiger partial charge on any atom is -0.316 e. The van der Waals surface area contributed by atoms with Gasteiger partial charge < -0.3 is 5.32 Å². The normalized spacial score (nSPS) is 25.4. The molecule has 1 aromatic heterocycles. The molecule has 0 radical (unpaired) electrons. The van der Waals surface area contributed by atoms with Crippen LogP contribution in [0.2, 0.25) is 0 Å². The van der Waals surface area contributed by atoms with E-state index in [0.717, 1.165) is 12.0 Å². The summed E-state index contributed by atoms with van der Waals surface area (Å²) in [6, 6.07) is 5.34. The molecule has 1 aliphatic carbocycles. The van der Waals surface area contributed by atoms with Crippen molar-refractivity contribution in [2.45, 2.75) is 38.3 Å². The molecule has 2 aliphatic rings. The Hall–Kier alpha value is -0.380. The molecule has 1 atom stereocenters. The lowest BCUT2D eigenvalue weighted by atomic mass is 9.99. The Balaban J connectivity index is 1.56. The van der Waals surface area contributed by atoms with Crippen LogP contribution in [-0.4, -0.2) is 30.6 Å². The van der Waals surface area contributed by atoms with Crippen molar-refractivity contribution in [2.75, 3.05) is 19.6 Å². The van der Waals surface area contributed by atoms with E-state index in [-0.39, 0.29) is 0 Å². The molecule has 3 rings (SSSR count). The Morgan fingerprint density at radius 3 is 2.94 bits per heavy atom. The molecule has 94 valence electrons. The third kappa shape index (κ3) is 3.30. The Labute approximate surface area is 108 Å². The van der Waals surface area contributed by atoms with Crippen molar-refractivity contribution < 1.29 is 0 Å². The summed E-state index contributed by atoms with van der Waals surface area (Å²) in [5, 5.41) is 5.73. The summed E-state index contributed by atoms with van der Waals surface area (Å²) in [6.07, 6.45) is 5.62. The molecule has 17 heavy (non-hydrogen) atoms. The first-order valence-corrected chi connectivity index (χ1v) is 7.77. The fourth-order valence-electron chi connectivity index (χ4n) is 2.80. The lowest BCUT2D eigenvalue weighted by Crippen LogP contribution is -2.38. The van der Waals surface area contributed by atoms with Crippen molar-refractivity contribution in [3.63, 3.8) is 0 Å². The predicted octanol–water partition coefficient (Wildman–Crippen LogP) is 2.71. The largest absolute Gasteiger partial charge is 0.316 e. The number of hydrogen-bond acceptors (Lipinski definition) is 3. The summed E-state index contributed by atoms with van der Waals surface area (Å²) < 4.78 is 0. The second-order valence-corrected chi connectivity index (χ2v) is 6.48. The molecular weight excluding hydrogens is 228 g/mol. The Kier molecular flexibility index (Phi) is 3.79. The van der Waals surface area contributed by atoms with Crippen LogP contribution in [-0.2, 0) is 6.54 Å². The molecule has 1 unspecified atom stereocenters. The summed E-state index contributed by atoms with van der Waals surface area (Å²) in [7, 11) is 0. The van der Waals surface area contributed by atoms with E-state index in [1.165, 1.54) is 56.7 Å². The fourth-order valence-corrected chi connectivity index (χ4v) is 3.53. The van der Waals surface area contributed by atoms with Gasteiger partial charge in [-0.25, -0.2) is 0 Å². The average molecular weight is 250 g/mol. The van der Waals surface area contributed by atoms with Crippen molar-refractivity contribution in [3.05, 3.63) is 22.4 Å². The maximum Gasteiger partial charge on any atom is 0.0330 e. The van der Waals surface area contributed by atoms with Crippen molar-refractivity contribution in [1.82, 2.24) is 10.2 Å².